The second-order valence-electron chi connectivity index (χ2n) is 4.64. The summed E-state index contributed by atoms with van der Waals surface area (Å²) in [6.45, 7) is 1.80. The number of carbonyl (C=O) groups excluding carboxylic acids is 1. The van der Waals surface area contributed by atoms with Crippen LogP contribution >= 0.6 is 0 Å². The summed E-state index contributed by atoms with van der Waals surface area (Å²) in [4.78, 5) is 24.7. The quantitative estimate of drug-likeness (QED) is 0.799. The van der Waals surface area contributed by atoms with Crippen molar-refractivity contribution in [3.05, 3.63) is 0 Å². The first-order chi connectivity index (χ1) is 7.99. The lowest BCUT2D eigenvalue weighted by Gasteiger charge is -2.27. The molecule has 0 heterocycles. The monoisotopic (exact) mass is 238 g/mol. The Kier molecular flexibility index (Phi) is 4.50. The first-order valence-electron chi connectivity index (χ1n) is 5.85. The van der Waals surface area contributed by atoms with Crippen LogP contribution in [0.1, 0.15) is 32.6 Å². The van der Waals surface area contributed by atoms with E-state index < -0.39 is 17.8 Å². The Morgan fingerprint density at radius 3 is 2.59 bits per heavy atom. The van der Waals surface area contributed by atoms with E-state index in [1.54, 1.807) is 14.0 Å². The van der Waals surface area contributed by atoms with E-state index >= 15 is 0 Å². The molecular formula is C12H18N2O3. The van der Waals surface area contributed by atoms with Gasteiger partial charge in [-0.25, -0.2) is 0 Å². The van der Waals surface area contributed by atoms with Crippen molar-refractivity contribution in [2.24, 2.45) is 11.8 Å². The number of hydrogen-bond donors (Lipinski definition) is 1. The lowest BCUT2D eigenvalue weighted by Crippen LogP contribution is -2.41. The topological polar surface area (TPSA) is 81.4 Å². The van der Waals surface area contributed by atoms with Crippen molar-refractivity contribution in [2.75, 3.05) is 7.05 Å². The number of hydrogen-bond acceptors (Lipinski definition) is 3. The molecule has 5 nitrogen and oxygen atoms in total. The number of nitrogens with zero attached hydrogens (tertiary/aromatic N) is 2. The highest BCUT2D eigenvalue weighted by atomic mass is 16.4. The molecule has 3 atom stereocenters. The molecule has 0 spiro atoms. The highest BCUT2D eigenvalue weighted by Gasteiger charge is 2.39. The van der Waals surface area contributed by atoms with Crippen molar-refractivity contribution in [1.29, 1.82) is 5.26 Å². The zero-order chi connectivity index (χ0) is 13.0. The van der Waals surface area contributed by atoms with Crippen molar-refractivity contribution in [3.63, 3.8) is 0 Å². The first kappa shape index (κ1) is 13.5. The molecule has 1 amide bonds. The second kappa shape index (κ2) is 5.67. The molecule has 1 N–H and O–H groups in total. The first-order valence-corrected chi connectivity index (χ1v) is 5.85. The van der Waals surface area contributed by atoms with Gasteiger partial charge in [0.2, 0.25) is 5.91 Å². The van der Waals surface area contributed by atoms with E-state index in [4.69, 9.17) is 10.4 Å². The minimum atomic E-state index is -0.887. The normalized spacial score (nSPS) is 25.0. The van der Waals surface area contributed by atoms with Gasteiger partial charge in [-0.2, -0.15) is 5.26 Å². The van der Waals surface area contributed by atoms with Crippen LogP contribution in [0, 0.1) is 23.2 Å². The smallest absolute Gasteiger partial charge is 0.307 e. The fraction of sp³-hybridized carbons (Fsp3) is 0.750. The fourth-order valence-corrected chi connectivity index (χ4v) is 2.30. The summed E-state index contributed by atoms with van der Waals surface area (Å²) in [6, 6.07) is 1.85. The predicted molar refractivity (Wildman–Crippen MR) is 60.9 cm³/mol. The molecule has 0 saturated heterocycles. The Bertz CT molecular complexity index is 348. The average molecular weight is 238 g/mol. The summed E-state index contributed by atoms with van der Waals surface area (Å²) < 4.78 is 0. The number of amides is 1. The van der Waals surface area contributed by atoms with E-state index in [0.717, 1.165) is 6.42 Å². The van der Waals surface area contributed by atoms with Gasteiger partial charge in [-0.1, -0.05) is 6.42 Å². The van der Waals surface area contributed by atoms with E-state index in [2.05, 4.69) is 0 Å². The summed E-state index contributed by atoms with van der Waals surface area (Å²) in [7, 11) is 1.64. The van der Waals surface area contributed by atoms with E-state index in [1.165, 1.54) is 4.90 Å². The highest BCUT2D eigenvalue weighted by Crippen LogP contribution is 2.33. The molecule has 94 valence electrons. The summed E-state index contributed by atoms with van der Waals surface area (Å²) >= 11 is 0. The number of rotatable bonds is 4. The van der Waals surface area contributed by atoms with Crippen molar-refractivity contribution in [1.82, 2.24) is 4.90 Å². The van der Waals surface area contributed by atoms with Crippen LogP contribution in [0.3, 0.4) is 0 Å². The van der Waals surface area contributed by atoms with E-state index in [1.807, 2.05) is 6.07 Å². The van der Waals surface area contributed by atoms with Crippen LogP contribution in [0.4, 0.5) is 0 Å². The van der Waals surface area contributed by atoms with Gasteiger partial charge in [0, 0.05) is 13.1 Å². The lowest BCUT2D eigenvalue weighted by atomic mass is 9.94. The van der Waals surface area contributed by atoms with Crippen molar-refractivity contribution in [3.8, 4) is 6.07 Å². The molecule has 1 rings (SSSR count). The second-order valence-corrected chi connectivity index (χ2v) is 4.64. The molecule has 1 aliphatic rings. The molecule has 1 aliphatic carbocycles. The zero-order valence-corrected chi connectivity index (χ0v) is 10.2. The van der Waals surface area contributed by atoms with Gasteiger partial charge in [0.15, 0.2) is 0 Å². The maximum absolute atomic E-state index is 12.1. The van der Waals surface area contributed by atoms with Crippen molar-refractivity contribution >= 4 is 11.9 Å². The molecule has 0 aromatic carbocycles. The van der Waals surface area contributed by atoms with Crippen LogP contribution in [0.2, 0.25) is 0 Å². The standard InChI is InChI=1S/C12H18N2O3/c1-8(6-7-13)14(2)11(15)9-4-3-5-10(9)12(16)17/h8-10H,3-6H2,1-2H3,(H,16,17)/t8?,9-,10+/m1/s1. The van der Waals surface area contributed by atoms with Crippen molar-refractivity contribution in [2.45, 2.75) is 38.6 Å². The molecular weight excluding hydrogens is 220 g/mol. The molecule has 0 aliphatic heterocycles. The minimum absolute atomic E-state index is 0.141. The average Bonchev–Trinajstić information content (AvgIpc) is 2.76. The number of carboxylic acid groups (broad SMARTS) is 1. The molecule has 5 heteroatoms. The third-order valence-corrected chi connectivity index (χ3v) is 3.55. The van der Waals surface area contributed by atoms with Gasteiger partial charge in [0.25, 0.3) is 0 Å². The van der Waals surface area contributed by atoms with Gasteiger partial charge in [-0.3, -0.25) is 9.59 Å². The van der Waals surface area contributed by atoms with Gasteiger partial charge < -0.3 is 10.0 Å². The number of carboxylic acids is 1. The Morgan fingerprint density at radius 2 is 2.06 bits per heavy atom. The van der Waals surface area contributed by atoms with Crippen LogP contribution in [0.5, 0.6) is 0 Å². The maximum atomic E-state index is 12.1. The summed E-state index contributed by atoms with van der Waals surface area (Å²) in [6.07, 6.45) is 2.27. The van der Waals surface area contributed by atoms with Gasteiger partial charge >= 0.3 is 5.97 Å². The Hall–Kier alpha value is -1.57. The van der Waals surface area contributed by atoms with Gasteiger partial charge in [0.05, 0.1) is 24.3 Å². The van der Waals surface area contributed by atoms with Gasteiger partial charge in [-0.05, 0) is 19.8 Å². The fourth-order valence-electron chi connectivity index (χ4n) is 2.30. The third kappa shape index (κ3) is 2.96. The highest BCUT2D eigenvalue weighted by molar-refractivity contribution is 5.85. The summed E-state index contributed by atoms with van der Waals surface area (Å²) in [5.74, 6) is -2.00. The molecule has 0 aromatic heterocycles. The predicted octanol–water partition coefficient (Wildman–Crippen LogP) is 1.25. The van der Waals surface area contributed by atoms with Gasteiger partial charge in [-0.15, -0.1) is 0 Å². The zero-order valence-electron chi connectivity index (χ0n) is 10.2. The third-order valence-electron chi connectivity index (χ3n) is 3.55. The largest absolute Gasteiger partial charge is 0.481 e. The summed E-state index contributed by atoms with van der Waals surface area (Å²) in [5, 5.41) is 17.6. The Balaban J connectivity index is 2.69. The molecule has 0 bridgehead atoms. The van der Waals surface area contributed by atoms with Crippen LogP contribution in [0.15, 0.2) is 0 Å². The van der Waals surface area contributed by atoms with Crippen molar-refractivity contribution < 1.29 is 14.7 Å². The van der Waals surface area contributed by atoms with Crippen LogP contribution in [-0.2, 0) is 9.59 Å². The summed E-state index contributed by atoms with van der Waals surface area (Å²) in [5.41, 5.74) is 0. The molecule has 1 unspecified atom stereocenters. The van der Waals surface area contributed by atoms with Gasteiger partial charge in [0.1, 0.15) is 0 Å². The lowest BCUT2D eigenvalue weighted by molar-refractivity contribution is -0.149. The maximum Gasteiger partial charge on any atom is 0.307 e. The minimum Gasteiger partial charge on any atom is -0.481 e. The molecule has 1 fully saturated rings. The van der Waals surface area contributed by atoms with E-state index in [0.29, 0.717) is 12.8 Å². The molecule has 0 radical (unpaired) electrons. The SMILES string of the molecule is CC(CC#N)N(C)C(=O)[C@@H]1CCC[C@@H]1C(=O)O. The number of nitriles is 1. The van der Waals surface area contributed by atoms with E-state index in [9.17, 15) is 9.59 Å². The van der Waals surface area contributed by atoms with E-state index in [-0.39, 0.29) is 18.4 Å². The molecule has 1 saturated carbocycles. The Labute approximate surface area is 101 Å². The van der Waals surface area contributed by atoms with Crippen LogP contribution in [-0.4, -0.2) is 35.0 Å². The number of carbonyl (C=O) groups is 2. The Morgan fingerprint density at radius 1 is 1.47 bits per heavy atom. The van der Waals surface area contributed by atoms with Crippen LogP contribution in [0.25, 0.3) is 0 Å². The van der Waals surface area contributed by atoms with Crippen LogP contribution < -0.4 is 0 Å². The molecule has 17 heavy (non-hydrogen) atoms. The number of aliphatic carboxylic acids is 1. The molecule has 0 aromatic rings.